The highest BCUT2D eigenvalue weighted by molar-refractivity contribution is 7.47. The highest BCUT2D eigenvalue weighted by Crippen LogP contribution is 2.43. The highest BCUT2D eigenvalue weighted by Gasteiger charge is 2.27. The third-order valence-corrected chi connectivity index (χ3v) is 9.08. The second-order valence-electron chi connectivity index (χ2n) is 13.6. The predicted octanol–water partition coefficient (Wildman–Crippen LogP) is 11.6. The van der Waals surface area contributed by atoms with Gasteiger partial charge in [0.15, 0.2) is 6.10 Å². The van der Waals surface area contributed by atoms with Gasteiger partial charge in [0.2, 0.25) is 0 Å². The molecule has 0 aromatic rings. The molecule has 0 aliphatic carbocycles. The van der Waals surface area contributed by atoms with Crippen LogP contribution in [-0.2, 0) is 32.7 Å². The van der Waals surface area contributed by atoms with Gasteiger partial charge < -0.3 is 24.6 Å². The standard InChI is InChI=1S/C48H75O10P/c1-3-5-7-9-11-13-15-17-19-21-22-24-26-28-30-32-34-36-38-40-48(52)58-46(44-57-59(53,54)56-42-45(50)41-49)43-55-47(51)39-37-35-33-31-29-27-25-23-20-18-16-14-12-10-8-6-4-2/h5,7,11,13-14,16-17,19-20,22-24,27-30,33-36,45-46,49-50H,3-4,6,8-10,12,15,18,21,25-26,31-32,37-44H2,1-2H3,(H,53,54)/b7-5-,13-11-,16-14-,19-17-,23-20-,24-22-,29-27-,30-28-,35-33-,36-34-. The van der Waals surface area contributed by atoms with Gasteiger partial charge in [-0.3, -0.25) is 18.6 Å². The first-order valence-electron chi connectivity index (χ1n) is 21.5. The first kappa shape index (κ1) is 55.4. The highest BCUT2D eigenvalue weighted by atomic mass is 31.2. The van der Waals surface area contributed by atoms with E-state index in [4.69, 9.17) is 19.1 Å². The Kier molecular flexibility index (Phi) is 39.9. The van der Waals surface area contributed by atoms with Crippen molar-refractivity contribution in [2.45, 2.75) is 142 Å². The Hall–Kier alpha value is -3.63. The quantitative estimate of drug-likeness (QED) is 0.0237. The summed E-state index contributed by atoms with van der Waals surface area (Å²) in [6, 6.07) is 0. The third-order valence-electron chi connectivity index (χ3n) is 8.13. The Morgan fingerprint density at radius 1 is 0.525 bits per heavy atom. The molecule has 59 heavy (non-hydrogen) atoms. The molecule has 11 heteroatoms. The number of unbranched alkanes of at least 4 members (excludes halogenated alkanes) is 4. The molecule has 0 heterocycles. The van der Waals surface area contributed by atoms with Crippen molar-refractivity contribution in [3.63, 3.8) is 0 Å². The van der Waals surface area contributed by atoms with Crippen molar-refractivity contribution in [1.82, 2.24) is 0 Å². The summed E-state index contributed by atoms with van der Waals surface area (Å²) >= 11 is 0. The Morgan fingerprint density at radius 3 is 1.37 bits per heavy atom. The molecule has 0 saturated carbocycles. The number of aliphatic hydroxyl groups excluding tert-OH is 2. The number of allylic oxidation sites excluding steroid dienone is 20. The largest absolute Gasteiger partial charge is 0.472 e. The lowest BCUT2D eigenvalue weighted by Gasteiger charge is -2.20. The summed E-state index contributed by atoms with van der Waals surface area (Å²) in [5, 5.41) is 18.3. The summed E-state index contributed by atoms with van der Waals surface area (Å²) in [6.45, 7) is 2.05. The van der Waals surface area contributed by atoms with Crippen LogP contribution in [0.3, 0.4) is 0 Å². The smallest absolute Gasteiger partial charge is 0.462 e. The monoisotopic (exact) mass is 843 g/mol. The van der Waals surface area contributed by atoms with Gasteiger partial charge in [-0.2, -0.15) is 0 Å². The summed E-state index contributed by atoms with van der Waals surface area (Å²) in [7, 11) is -4.66. The molecule has 0 fully saturated rings. The number of aliphatic hydroxyl groups is 2. The molecule has 10 nitrogen and oxygen atoms in total. The van der Waals surface area contributed by atoms with E-state index in [2.05, 4.69) is 110 Å². The lowest BCUT2D eigenvalue weighted by molar-refractivity contribution is -0.161. The second-order valence-corrected chi connectivity index (χ2v) is 15.1. The molecular weight excluding hydrogens is 767 g/mol. The fourth-order valence-electron chi connectivity index (χ4n) is 4.85. The van der Waals surface area contributed by atoms with Crippen LogP contribution in [0.1, 0.15) is 129 Å². The minimum atomic E-state index is -4.66. The fourth-order valence-corrected chi connectivity index (χ4v) is 5.64. The Labute approximate surface area is 356 Å². The Balaban J connectivity index is 4.57. The SMILES string of the molecule is CC/C=C\C/C=C\C/C=C\C/C=C\C/C=C\C/C=C\CCC(=O)OC(COC(=O)CC/C=C\C/C=C\C/C=C\C/C=C\CCCCCC)COP(=O)(O)OCC(O)CO. The van der Waals surface area contributed by atoms with E-state index in [1.807, 2.05) is 30.4 Å². The molecule has 0 aliphatic rings. The lowest BCUT2D eigenvalue weighted by Crippen LogP contribution is -2.29. The van der Waals surface area contributed by atoms with E-state index in [9.17, 15) is 24.2 Å². The van der Waals surface area contributed by atoms with Crippen molar-refractivity contribution in [3.05, 3.63) is 122 Å². The summed E-state index contributed by atoms with van der Waals surface area (Å²) in [4.78, 5) is 34.9. The van der Waals surface area contributed by atoms with Crippen LogP contribution < -0.4 is 0 Å². The van der Waals surface area contributed by atoms with Crippen molar-refractivity contribution < 1.29 is 47.8 Å². The Bertz CT molecular complexity index is 1390. The number of rotatable bonds is 38. The molecule has 332 valence electrons. The van der Waals surface area contributed by atoms with E-state index in [-0.39, 0.29) is 12.8 Å². The topological polar surface area (TPSA) is 149 Å². The molecule has 3 N–H and O–H groups in total. The molecule has 3 atom stereocenters. The molecule has 0 saturated heterocycles. The third kappa shape index (κ3) is 42.3. The number of ether oxygens (including phenoxy) is 2. The zero-order valence-corrected chi connectivity index (χ0v) is 36.8. The maximum Gasteiger partial charge on any atom is 0.472 e. The van der Waals surface area contributed by atoms with E-state index in [0.717, 1.165) is 57.8 Å². The van der Waals surface area contributed by atoms with Crippen LogP contribution >= 0.6 is 7.82 Å². The number of phosphoric ester groups is 1. The maximum absolute atomic E-state index is 12.6. The van der Waals surface area contributed by atoms with Crippen molar-refractivity contribution >= 4 is 19.8 Å². The van der Waals surface area contributed by atoms with E-state index < -0.39 is 58.4 Å². The van der Waals surface area contributed by atoms with Crippen molar-refractivity contribution in [1.29, 1.82) is 0 Å². The van der Waals surface area contributed by atoms with Crippen molar-refractivity contribution in [2.24, 2.45) is 0 Å². The molecule has 0 bridgehead atoms. The van der Waals surface area contributed by atoms with Crippen LogP contribution in [0.25, 0.3) is 0 Å². The van der Waals surface area contributed by atoms with Gasteiger partial charge in [-0.15, -0.1) is 0 Å². The first-order valence-corrected chi connectivity index (χ1v) is 23.0. The number of hydrogen-bond acceptors (Lipinski definition) is 9. The number of phosphoric acid groups is 1. The van der Waals surface area contributed by atoms with Crippen LogP contribution in [0, 0.1) is 0 Å². The van der Waals surface area contributed by atoms with Crippen LogP contribution in [0.2, 0.25) is 0 Å². The van der Waals surface area contributed by atoms with Gasteiger partial charge in [0, 0.05) is 12.8 Å². The molecule has 0 aromatic carbocycles. The molecule has 0 aliphatic heterocycles. The van der Waals surface area contributed by atoms with Gasteiger partial charge in [0.25, 0.3) is 0 Å². The average molecular weight is 843 g/mol. The average Bonchev–Trinajstić information content (AvgIpc) is 3.22. The molecule has 0 rings (SSSR count). The van der Waals surface area contributed by atoms with Crippen molar-refractivity contribution in [2.75, 3.05) is 26.4 Å². The molecule has 0 spiro atoms. The summed E-state index contributed by atoms with van der Waals surface area (Å²) in [6.07, 6.45) is 54.8. The van der Waals surface area contributed by atoms with E-state index >= 15 is 0 Å². The summed E-state index contributed by atoms with van der Waals surface area (Å²) in [5.41, 5.74) is 0. The predicted molar refractivity (Wildman–Crippen MR) is 242 cm³/mol. The van der Waals surface area contributed by atoms with Crippen LogP contribution in [0.15, 0.2) is 122 Å². The molecule has 0 radical (unpaired) electrons. The summed E-state index contributed by atoms with van der Waals surface area (Å²) in [5.74, 6) is -1.13. The number of hydrogen-bond donors (Lipinski definition) is 3. The number of carbonyl (C=O) groups is 2. The van der Waals surface area contributed by atoms with Crippen LogP contribution in [-0.4, -0.2) is 65.7 Å². The van der Waals surface area contributed by atoms with Gasteiger partial charge in [-0.05, 0) is 83.5 Å². The van der Waals surface area contributed by atoms with E-state index in [1.165, 1.54) is 25.7 Å². The number of carbonyl (C=O) groups excluding carboxylic acids is 2. The normalized spacial score (nSPS) is 15.0. The van der Waals surface area contributed by atoms with Gasteiger partial charge in [0.1, 0.15) is 12.7 Å². The molecule has 0 amide bonds. The zero-order valence-electron chi connectivity index (χ0n) is 35.9. The fraction of sp³-hybridized carbons (Fsp3) is 0.542. The first-order chi connectivity index (χ1) is 28.7. The second kappa shape index (κ2) is 42.5. The summed E-state index contributed by atoms with van der Waals surface area (Å²) < 4.78 is 32.5. The minimum absolute atomic E-state index is 0.0364. The molecular formula is C48H75O10P. The van der Waals surface area contributed by atoms with E-state index in [0.29, 0.717) is 19.3 Å². The van der Waals surface area contributed by atoms with Crippen molar-refractivity contribution in [3.8, 4) is 0 Å². The Morgan fingerprint density at radius 2 is 0.932 bits per heavy atom. The van der Waals surface area contributed by atoms with Gasteiger partial charge >= 0.3 is 19.8 Å². The van der Waals surface area contributed by atoms with Gasteiger partial charge in [0.05, 0.1) is 19.8 Å². The van der Waals surface area contributed by atoms with Crippen LogP contribution in [0.4, 0.5) is 0 Å². The number of esters is 2. The molecule has 0 aromatic heterocycles. The zero-order chi connectivity index (χ0) is 43.3. The van der Waals surface area contributed by atoms with Crippen LogP contribution in [0.5, 0.6) is 0 Å². The van der Waals surface area contributed by atoms with E-state index in [1.54, 1.807) is 0 Å². The minimum Gasteiger partial charge on any atom is -0.462 e. The maximum atomic E-state index is 12.6. The lowest BCUT2D eigenvalue weighted by atomic mass is 10.1. The van der Waals surface area contributed by atoms with Gasteiger partial charge in [-0.25, -0.2) is 4.57 Å². The molecule has 3 unspecified atom stereocenters. The van der Waals surface area contributed by atoms with Gasteiger partial charge in [-0.1, -0.05) is 155 Å².